The number of amides is 1. The van der Waals surface area contributed by atoms with Gasteiger partial charge in [-0.1, -0.05) is 13.3 Å². The topological polar surface area (TPSA) is 78.2 Å². The molecule has 0 radical (unpaired) electrons. The van der Waals surface area contributed by atoms with Gasteiger partial charge in [-0.15, -0.1) is 0 Å². The summed E-state index contributed by atoms with van der Waals surface area (Å²) in [5, 5.41) is 6.97. The van der Waals surface area contributed by atoms with Gasteiger partial charge in [-0.25, -0.2) is 0 Å². The van der Waals surface area contributed by atoms with Crippen LogP contribution in [0.2, 0.25) is 0 Å². The van der Waals surface area contributed by atoms with E-state index in [1.807, 2.05) is 21.0 Å². The third-order valence-electron chi connectivity index (χ3n) is 3.29. The van der Waals surface area contributed by atoms with Gasteiger partial charge in [0.15, 0.2) is 5.69 Å². The molecule has 0 atom stereocenters. The molecule has 0 aliphatic heterocycles. The number of nitrogens with two attached hydrogens (primary N) is 1. The molecule has 20 heavy (non-hydrogen) atoms. The summed E-state index contributed by atoms with van der Waals surface area (Å²) in [6.45, 7) is 6.40. The second-order valence-electron chi connectivity index (χ2n) is 5.26. The van der Waals surface area contributed by atoms with Crippen LogP contribution in [0.5, 0.6) is 0 Å². The van der Waals surface area contributed by atoms with Crippen molar-refractivity contribution in [2.75, 3.05) is 39.5 Å². The van der Waals surface area contributed by atoms with Crippen molar-refractivity contribution >= 4 is 11.6 Å². The number of nitrogens with zero attached hydrogens (tertiary/aromatic N) is 3. The van der Waals surface area contributed by atoms with Crippen LogP contribution in [0.25, 0.3) is 0 Å². The van der Waals surface area contributed by atoms with Crippen molar-refractivity contribution < 1.29 is 4.79 Å². The molecule has 114 valence electrons. The van der Waals surface area contributed by atoms with E-state index < -0.39 is 0 Å². The molecule has 0 bridgehead atoms. The first kappa shape index (κ1) is 16.5. The predicted molar refractivity (Wildman–Crippen MR) is 81.7 cm³/mol. The van der Waals surface area contributed by atoms with Gasteiger partial charge in [0.2, 0.25) is 0 Å². The molecule has 1 amide bonds. The summed E-state index contributed by atoms with van der Waals surface area (Å²) >= 11 is 0. The number of hydrogen-bond donors (Lipinski definition) is 2. The Morgan fingerprint density at radius 3 is 2.55 bits per heavy atom. The van der Waals surface area contributed by atoms with Crippen LogP contribution in [0.4, 0.5) is 5.69 Å². The molecule has 1 aromatic heterocycles. The Labute approximate surface area is 121 Å². The van der Waals surface area contributed by atoms with Crippen LogP contribution in [-0.2, 0) is 6.42 Å². The normalized spacial score (nSPS) is 11.1. The summed E-state index contributed by atoms with van der Waals surface area (Å²) in [6, 6.07) is 0. The maximum atomic E-state index is 12.4. The fourth-order valence-electron chi connectivity index (χ4n) is 2.12. The quantitative estimate of drug-likeness (QED) is 0.754. The second kappa shape index (κ2) is 7.89. The molecule has 0 unspecified atom stereocenters. The van der Waals surface area contributed by atoms with Gasteiger partial charge in [0.05, 0.1) is 11.4 Å². The Balaban J connectivity index is 2.70. The third kappa shape index (κ3) is 4.23. The number of carbonyl (C=O) groups is 1. The Kier molecular flexibility index (Phi) is 6.51. The first-order valence-corrected chi connectivity index (χ1v) is 7.27. The van der Waals surface area contributed by atoms with Gasteiger partial charge in [0.25, 0.3) is 5.91 Å². The molecule has 6 nitrogen and oxygen atoms in total. The van der Waals surface area contributed by atoms with E-state index in [1.54, 1.807) is 4.90 Å². The van der Waals surface area contributed by atoms with Crippen molar-refractivity contribution in [1.29, 1.82) is 0 Å². The highest BCUT2D eigenvalue weighted by Gasteiger charge is 2.21. The largest absolute Gasteiger partial charge is 0.395 e. The van der Waals surface area contributed by atoms with Crippen LogP contribution in [-0.4, -0.2) is 59.6 Å². The highest BCUT2D eigenvalue weighted by molar-refractivity contribution is 5.97. The molecule has 0 aliphatic carbocycles. The first-order valence-electron chi connectivity index (χ1n) is 7.27. The van der Waals surface area contributed by atoms with E-state index in [0.717, 1.165) is 38.0 Å². The van der Waals surface area contributed by atoms with Crippen LogP contribution in [0.15, 0.2) is 0 Å². The smallest absolute Gasteiger partial charge is 0.276 e. The van der Waals surface area contributed by atoms with Gasteiger partial charge < -0.3 is 15.5 Å². The molecule has 1 rings (SSSR count). The van der Waals surface area contributed by atoms with E-state index in [0.29, 0.717) is 17.9 Å². The number of rotatable bonds is 8. The average Bonchev–Trinajstić information content (AvgIpc) is 2.76. The minimum Gasteiger partial charge on any atom is -0.395 e. The lowest BCUT2D eigenvalue weighted by molar-refractivity contribution is 0.0754. The monoisotopic (exact) mass is 281 g/mol. The van der Waals surface area contributed by atoms with Crippen molar-refractivity contribution in [3.05, 3.63) is 11.4 Å². The average molecular weight is 281 g/mol. The number of hydrogen-bond acceptors (Lipinski definition) is 4. The number of aromatic nitrogens is 2. The highest BCUT2D eigenvalue weighted by atomic mass is 16.2. The van der Waals surface area contributed by atoms with Crippen molar-refractivity contribution in [3.8, 4) is 0 Å². The number of aryl methyl sites for hydroxylation is 1. The standard InChI is InChI=1S/C14H27N5O/c1-5-8-11-12(15)13(17-16-11)14(20)19(6-2)10-7-9-18(3)4/h5-10,15H2,1-4H3,(H,16,17). The Hall–Kier alpha value is -1.56. The second-order valence-corrected chi connectivity index (χ2v) is 5.26. The Morgan fingerprint density at radius 1 is 1.30 bits per heavy atom. The summed E-state index contributed by atoms with van der Waals surface area (Å²) in [5.41, 5.74) is 7.74. The molecule has 6 heteroatoms. The zero-order valence-electron chi connectivity index (χ0n) is 13.1. The molecule has 0 aliphatic rings. The Bertz CT molecular complexity index is 427. The van der Waals surface area contributed by atoms with Crippen LogP contribution < -0.4 is 5.73 Å². The van der Waals surface area contributed by atoms with E-state index in [2.05, 4.69) is 22.0 Å². The molecule has 0 fully saturated rings. The molecular formula is C14H27N5O. The van der Waals surface area contributed by atoms with Crippen molar-refractivity contribution in [2.45, 2.75) is 33.1 Å². The van der Waals surface area contributed by atoms with E-state index in [4.69, 9.17) is 5.73 Å². The maximum absolute atomic E-state index is 12.4. The van der Waals surface area contributed by atoms with Crippen LogP contribution in [0.1, 0.15) is 42.9 Å². The summed E-state index contributed by atoms with van der Waals surface area (Å²) in [7, 11) is 4.06. The molecule has 0 saturated heterocycles. The summed E-state index contributed by atoms with van der Waals surface area (Å²) < 4.78 is 0. The molecule has 0 saturated carbocycles. The molecule has 3 N–H and O–H groups in total. The van der Waals surface area contributed by atoms with E-state index >= 15 is 0 Å². The zero-order valence-corrected chi connectivity index (χ0v) is 13.1. The number of nitrogen functional groups attached to an aromatic ring is 1. The van der Waals surface area contributed by atoms with Crippen LogP contribution in [0, 0.1) is 0 Å². The lowest BCUT2D eigenvalue weighted by atomic mass is 10.2. The van der Waals surface area contributed by atoms with Crippen molar-refractivity contribution in [3.63, 3.8) is 0 Å². The predicted octanol–water partition coefficient (Wildman–Crippen LogP) is 1.36. The van der Waals surface area contributed by atoms with Gasteiger partial charge in [0.1, 0.15) is 0 Å². The minimum atomic E-state index is -0.0811. The molecule has 0 spiro atoms. The van der Waals surface area contributed by atoms with Crippen LogP contribution in [0.3, 0.4) is 0 Å². The van der Waals surface area contributed by atoms with Crippen molar-refractivity contribution in [2.24, 2.45) is 0 Å². The number of H-pyrrole nitrogens is 1. The van der Waals surface area contributed by atoms with Gasteiger partial charge >= 0.3 is 0 Å². The van der Waals surface area contributed by atoms with Gasteiger partial charge in [-0.2, -0.15) is 5.10 Å². The Morgan fingerprint density at radius 2 is 2.00 bits per heavy atom. The number of aromatic amines is 1. The minimum absolute atomic E-state index is 0.0811. The molecule has 0 aromatic carbocycles. The number of carbonyl (C=O) groups excluding carboxylic acids is 1. The summed E-state index contributed by atoms with van der Waals surface area (Å²) in [6.07, 6.45) is 2.73. The summed E-state index contributed by atoms with van der Waals surface area (Å²) in [5.74, 6) is -0.0811. The first-order chi connectivity index (χ1) is 9.51. The summed E-state index contributed by atoms with van der Waals surface area (Å²) in [4.78, 5) is 16.3. The van der Waals surface area contributed by atoms with E-state index in [-0.39, 0.29) is 5.91 Å². The molecular weight excluding hydrogens is 254 g/mol. The number of anilines is 1. The fourth-order valence-corrected chi connectivity index (χ4v) is 2.12. The van der Waals surface area contributed by atoms with E-state index in [9.17, 15) is 4.79 Å². The van der Waals surface area contributed by atoms with Gasteiger partial charge in [-0.05, 0) is 40.4 Å². The number of nitrogens with one attached hydrogen (secondary N) is 1. The van der Waals surface area contributed by atoms with Gasteiger partial charge in [-0.3, -0.25) is 9.89 Å². The lowest BCUT2D eigenvalue weighted by Gasteiger charge is -2.21. The van der Waals surface area contributed by atoms with Gasteiger partial charge in [0, 0.05) is 13.1 Å². The fraction of sp³-hybridized carbons (Fsp3) is 0.714. The lowest BCUT2D eigenvalue weighted by Crippen LogP contribution is -2.34. The van der Waals surface area contributed by atoms with Crippen molar-refractivity contribution in [1.82, 2.24) is 20.0 Å². The SMILES string of the molecule is CCCc1[nH]nc(C(=O)N(CC)CCCN(C)C)c1N. The molecule has 1 aromatic rings. The van der Waals surface area contributed by atoms with E-state index in [1.165, 1.54) is 0 Å². The highest BCUT2D eigenvalue weighted by Crippen LogP contribution is 2.17. The van der Waals surface area contributed by atoms with Crippen LogP contribution >= 0.6 is 0 Å². The maximum Gasteiger partial charge on any atom is 0.276 e. The molecule has 1 heterocycles. The zero-order chi connectivity index (χ0) is 15.1. The third-order valence-corrected chi connectivity index (χ3v) is 3.29.